The highest BCUT2D eigenvalue weighted by atomic mass is 16.5. The molecule has 2 aromatic carbocycles. The Balaban J connectivity index is 1.58. The maximum absolute atomic E-state index is 12.4. The average molecular weight is 393 g/mol. The lowest BCUT2D eigenvalue weighted by molar-refractivity contribution is 0.102. The molecule has 0 bridgehead atoms. The van der Waals surface area contributed by atoms with Gasteiger partial charge in [0.25, 0.3) is 5.91 Å². The van der Waals surface area contributed by atoms with Crippen LogP contribution in [0.15, 0.2) is 60.8 Å². The van der Waals surface area contributed by atoms with Gasteiger partial charge in [0.05, 0.1) is 26.9 Å². The molecule has 0 radical (unpaired) electrons. The third-order valence-corrected chi connectivity index (χ3v) is 4.30. The molecule has 0 unspecified atom stereocenters. The van der Waals surface area contributed by atoms with Gasteiger partial charge in [-0.05, 0) is 54.1 Å². The summed E-state index contributed by atoms with van der Waals surface area (Å²) in [5.74, 6) is 2.52. The number of nitrogens with zero attached hydrogens (tertiary/aromatic N) is 1. The molecule has 0 fully saturated rings. The van der Waals surface area contributed by atoms with Crippen LogP contribution in [-0.2, 0) is 6.54 Å². The minimum atomic E-state index is -0.228. The summed E-state index contributed by atoms with van der Waals surface area (Å²) < 4.78 is 15.7. The summed E-state index contributed by atoms with van der Waals surface area (Å²) in [6.45, 7) is 0.560. The third-order valence-electron chi connectivity index (χ3n) is 4.30. The number of amides is 1. The molecule has 2 N–H and O–H groups in total. The number of hydrogen-bond acceptors (Lipinski definition) is 6. The van der Waals surface area contributed by atoms with Crippen LogP contribution < -0.4 is 24.8 Å². The molecule has 150 valence electrons. The molecule has 1 heterocycles. The summed E-state index contributed by atoms with van der Waals surface area (Å²) in [6.07, 6.45) is 1.54. The number of pyridine rings is 1. The Hall–Kier alpha value is -3.74. The Morgan fingerprint density at radius 3 is 2.28 bits per heavy atom. The number of anilines is 2. The van der Waals surface area contributed by atoms with Gasteiger partial charge in [-0.2, -0.15) is 0 Å². The van der Waals surface area contributed by atoms with Gasteiger partial charge in [0.2, 0.25) is 0 Å². The van der Waals surface area contributed by atoms with Crippen molar-refractivity contribution in [3.63, 3.8) is 0 Å². The highest BCUT2D eigenvalue weighted by Gasteiger charge is 2.08. The van der Waals surface area contributed by atoms with Crippen molar-refractivity contribution in [3.8, 4) is 17.2 Å². The molecule has 7 nitrogen and oxygen atoms in total. The number of methoxy groups -OCH3 is 3. The van der Waals surface area contributed by atoms with E-state index in [0.717, 1.165) is 11.3 Å². The van der Waals surface area contributed by atoms with Crippen molar-refractivity contribution in [3.05, 3.63) is 71.9 Å². The van der Waals surface area contributed by atoms with E-state index >= 15 is 0 Å². The van der Waals surface area contributed by atoms with Crippen molar-refractivity contribution < 1.29 is 19.0 Å². The lowest BCUT2D eigenvalue weighted by atomic mass is 10.2. The van der Waals surface area contributed by atoms with E-state index in [4.69, 9.17) is 14.2 Å². The average Bonchev–Trinajstić information content (AvgIpc) is 2.78. The normalized spacial score (nSPS) is 10.2. The van der Waals surface area contributed by atoms with Gasteiger partial charge in [-0.25, -0.2) is 4.98 Å². The molecule has 0 aliphatic heterocycles. The van der Waals surface area contributed by atoms with E-state index in [1.807, 2.05) is 18.2 Å². The molecule has 0 atom stereocenters. The summed E-state index contributed by atoms with van der Waals surface area (Å²) >= 11 is 0. The van der Waals surface area contributed by atoms with Crippen LogP contribution in [0.4, 0.5) is 11.5 Å². The number of hydrogen-bond donors (Lipinski definition) is 2. The van der Waals surface area contributed by atoms with Gasteiger partial charge < -0.3 is 24.8 Å². The fourth-order valence-electron chi connectivity index (χ4n) is 2.69. The Labute approximate surface area is 169 Å². The zero-order chi connectivity index (χ0) is 20.6. The smallest absolute Gasteiger partial charge is 0.257 e. The molecule has 29 heavy (non-hydrogen) atoms. The first-order valence-electron chi connectivity index (χ1n) is 8.99. The molecule has 0 aliphatic rings. The van der Waals surface area contributed by atoms with Crippen molar-refractivity contribution in [2.75, 3.05) is 32.0 Å². The van der Waals surface area contributed by atoms with Crippen molar-refractivity contribution in [1.29, 1.82) is 0 Å². The molecule has 1 amide bonds. The molecule has 0 spiro atoms. The van der Waals surface area contributed by atoms with E-state index in [0.29, 0.717) is 35.1 Å². The topological polar surface area (TPSA) is 81.7 Å². The second-order valence-electron chi connectivity index (χ2n) is 6.16. The van der Waals surface area contributed by atoms with Gasteiger partial charge in [0, 0.05) is 18.4 Å². The lowest BCUT2D eigenvalue weighted by Gasteiger charge is -2.11. The highest BCUT2D eigenvalue weighted by molar-refractivity contribution is 6.04. The maximum atomic E-state index is 12.4. The molecule has 3 aromatic rings. The van der Waals surface area contributed by atoms with Gasteiger partial charge in [0.15, 0.2) is 11.5 Å². The van der Waals surface area contributed by atoms with Gasteiger partial charge in [-0.3, -0.25) is 4.79 Å². The van der Waals surface area contributed by atoms with E-state index in [1.165, 1.54) is 6.20 Å². The molecular weight excluding hydrogens is 370 g/mol. The highest BCUT2D eigenvalue weighted by Crippen LogP contribution is 2.27. The number of carbonyl (C=O) groups excluding carboxylic acids is 1. The molecular formula is C22H23N3O4. The second kappa shape index (κ2) is 9.45. The van der Waals surface area contributed by atoms with E-state index in [2.05, 4.69) is 15.6 Å². The first-order chi connectivity index (χ1) is 14.1. The summed E-state index contributed by atoms with van der Waals surface area (Å²) in [6, 6.07) is 16.3. The predicted molar refractivity (Wildman–Crippen MR) is 112 cm³/mol. The van der Waals surface area contributed by atoms with Crippen LogP contribution in [-0.4, -0.2) is 32.2 Å². The summed E-state index contributed by atoms with van der Waals surface area (Å²) in [5.41, 5.74) is 2.18. The monoisotopic (exact) mass is 393 g/mol. The largest absolute Gasteiger partial charge is 0.497 e. The first-order valence-corrected chi connectivity index (χ1v) is 8.99. The summed E-state index contributed by atoms with van der Waals surface area (Å²) in [5, 5.41) is 6.05. The van der Waals surface area contributed by atoms with E-state index < -0.39 is 0 Å². The van der Waals surface area contributed by atoms with Crippen molar-refractivity contribution in [1.82, 2.24) is 4.98 Å². The lowest BCUT2D eigenvalue weighted by Crippen LogP contribution is -2.12. The summed E-state index contributed by atoms with van der Waals surface area (Å²) in [7, 11) is 4.80. The zero-order valence-corrected chi connectivity index (χ0v) is 16.6. The van der Waals surface area contributed by atoms with Crippen LogP contribution in [0.3, 0.4) is 0 Å². The minimum absolute atomic E-state index is 0.228. The first kappa shape index (κ1) is 20.0. The van der Waals surface area contributed by atoms with Crippen molar-refractivity contribution in [2.45, 2.75) is 6.54 Å². The Morgan fingerprint density at radius 2 is 1.66 bits per heavy atom. The van der Waals surface area contributed by atoms with E-state index in [-0.39, 0.29) is 5.91 Å². The number of aromatic nitrogens is 1. The predicted octanol–water partition coefficient (Wildman–Crippen LogP) is 3.97. The standard InChI is InChI=1S/C22H23N3O4/c1-27-18-8-6-17(7-9-18)25-22(26)16-5-11-21(24-14-16)23-13-15-4-10-19(28-2)20(12-15)29-3/h4-12,14H,13H2,1-3H3,(H,23,24)(H,25,26). The van der Waals surface area contributed by atoms with Crippen LogP contribution in [0, 0.1) is 0 Å². The second-order valence-corrected chi connectivity index (χ2v) is 6.16. The molecule has 7 heteroatoms. The van der Waals surface area contributed by atoms with E-state index in [1.54, 1.807) is 57.7 Å². The fourth-order valence-corrected chi connectivity index (χ4v) is 2.69. The number of nitrogens with one attached hydrogen (secondary N) is 2. The van der Waals surface area contributed by atoms with E-state index in [9.17, 15) is 4.79 Å². The number of ether oxygens (including phenoxy) is 3. The molecule has 3 rings (SSSR count). The van der Waals surface area contributed by atoms with Crippen LogP contribution in [0.2, 0.25) is 0 Å². The molecule has 0 saturated heterocycles. The zero-order valence-electron chi connectivity index (χ0n) is 16.6. The number of rotatable bonds is 8. The minimum Gasteiger partial charge on any atom is -0.497 e. The number of carbonyl (C=O) groups is 1. The summed E-state index contributed by atoms with van der Waals surface area (Å²) in [4.78, 5) is 16.7. The quantitative estimate of drug-likeness (QED) is 0.603. The molecule has 0 aliphatic carbocycles. The Morgan fingerprint density at radius 1 is 0.897 bits per heavy atom. The van der Waals surface area contributed by atoms with Gasteiger partial charge in [0.1, 0.15) is 11.6 Å². The number of benzene rings is 2. The molecule has 1 aromatic heterocycles. The fraction of sp³-hybridized carbons (Fsp3) is 0.182. The maximum Gasteiger partial charge on any atom is 0.257 e. The Bertz CT molecular complexity index is 957. The third kappa shape index (κ3) is 5.16. The van der Waals surface area contributed by atoms with Gasteiger partial charge in [-0.15, -0.1) is 0 Å². The van der Waals surface area contributed by atoms with Crippen LogP contribution in [0.5, 0.6) is 17.2 Å². The van der Waals surface area contributed by atoms with Gasteiger partial charge >= 0.3 is 0 Å². The SMILES string of the molecule is COc1ccc(NC(=O)c2ccc(NCc3ccc(OC)c(OC)c3)nc2)cc1. The van der Waals surface area contributed by atoms with Crippen LogP contribution in [0.25, 0.3) is 0 Å². The van der Waals surface area contributed by atoms with Crippen LogP contribution in [0.1, 0.15) is 15.9 Å². The van der Waals surface area contributed by atoms with Gasteiger partial charge in [-0.1, -0.05) is 6.07 Å². The van der Waals surface area contributed by atoms with Crippen molar-refractivity contribution >= 4 is 17.4 Å². The van der Waals surface area contributed by atoms with Crippen LogP contribution >= 0.6 is 0 Å². The van der Waals surface area contributed by atoms with Crippen molar-refractivity contribution in [2.24, 2.45) is 0 Å². The Kier molecular flexibility index (Phi) is 6.52. The molecule has 0 saturated carbocycles.